The summed E-state index contributed by atoms with van der Waals surface area (Å²) in [5, 5.41) is 51.1. The van der Waals surface area contributed by atoms with Crippen molar-refractivity contribution < 1.29 is 87.2 Å². The van der Waals surface area contributed by atoms with Gasteiger partial charge >= 0.3 is 11.9 Å². The number of H-pyrrole nitrogens is 1. The first-order valence-corrected chi connectivity index (χ1v) is 30.3. The van der Waals surface area contributed by atoms with E-state index in [4.69, 9.17) is 5.11 Å². The SMILES string of the molecule is CCC(C)[C@@H]1NC(=O)[C@@H]2C[C@@H](O)CN2C(=O)[C@H](CC(=O)O)CC(=O)[C@@H]2CSc3[nH]c4ccc(CC(=O)CNC(=O)C(C)CC(=O)CCCC(=O)CCNC(=O)/C=C(/C)C(=O)O)cc4c3C[C@H](NC1=O)C(=O)NCC(=O)N[C@@H]([C@@H](C)CC)C(=O)NCC(=O)N2. The number of carbonyl (C=O) groups is 15. The molecule has 1 aromatic carbocycles. The maximum atomic E-state index is 14.7. The number of nitrogens with zero attached hydrogens (tertiary/aromatic N) is 1. The molecule has 2 bridgehead atoms. The van der Waals surface area contributed by atoms with Gasteiger partial charge in [0.15, 0.2) is 11.6 Å². The third-order valence-corrected chi connectivity index (χ3v) is 16.9. The fourth-order valence-corrected chi connectivity index (χ4v) is 11.4. The second-order valence-corrected chi connectivity index (χ2v) is 23.8. The Labute approximate surface area is 511 Å². The molecule has 3 aliphatic heterocycles. The maximum Gasteiger partial charge on any atom is 0.331 e. The molecule has 1 saturated heterocycles. The number of aliphatic hydroxyl groups excluding tert-OH is 1. The van der Waals surface area contributed by atoms with Crippen LogP contribution >= 0.6 is 11.8 Å². The molecule has 0 saturated carbocycles. The number of rotatable bonds is 22. The van der Waals surface area contributed by atoms with Crippen molar-refractivity contribution in [2.45, 2.75) is 160 Å². The number of carbonyl (C=O) groups excluding carboxylic acids is 13. The van der Waals surface area contributed by atoms with Gasteiger partial charge in [0, 0.05) is 98.7 Å². The van der Waals surface area contributed by atoms with Gasteiger partial charge in [0.2, 0.25) is 53.2 Å². The predicted octanol–water partition coefficient (Wildman–Crippen LogP) is -0.795. The average molecular weight is 1250 g/mol. The van der Waals surface area contributed by atoms with Crippen molar-refractivity contribution in [2.75, 3.05) is 38.5 Å². The quantitative estimate of drug-likeness (QED) is 0.0643. The highest BCUT2D eigenvalue weighted by Crippen LogP contribution is 2.34. The summed E-state index contributed by atoms with van der Waals surface area (Å²) in [6.45, 7) is 7.27. The Hall–Kier alpha value is -8.34. The molecular formula is C59H80N10O18S. The van der Waals surface area contributed by atoms with Gasteiger partial charge in [0.05, 0.1) is 49.1 Å². The number of benzene rings is 1. The number of aliphatic hydroxyl groups is 1. The van der Waals surface area contributed by atoms with Gasteiger partial charge in [-0.3, -0.25) is 67.1 Å². The molecule has 88 heavy (non-hydrogen) atoms. The van der Waals surface area contributed by atoms with Crippen LogP contribution in [0.15, 0.2) is 34.9 Å². The lowest BCUT2D eigenvalue weighted by molar-refractivity contribution is -0.148. The fraction of sp³-hybridized carbons (Fsp3) is 0.576. The van der Waals surface area contributed by atoms with Crippen molar-refractivity contribution in [2.24, 2.45) is 23.7 Å². The van der Waals surface area contributed by atoms with E-state index in [0.29, 0.717) is 34.9 Å². The van der Waals surface area contributed by atoms with Gasteiger partial charge in [-0.2, -0.15) is 0 Å². The van der Waals surface area contributed by atoms with Crippen molar-refractivity contribution in [3.8, 4) is 0 Å². The number of carboxylic acids is 2. The van der Waals surface area contributed by atoms with E-state index in [9.17, 15) is 82.1 Å². The third kappa shape index (κ3) is 20.7. The number of amides is 9. The molecule has 480 valence electrons. The number of fused-ring (bicyclic) bond motifs is 5. The van der Waals surface area contributed by atoms with Crippen LogP contribution in [-0.4, -0.2) is 188 Å². The van der Waals surface area contributed by atoms with Crippen molar-refractivity contribution >= 4 is 111 Å². The number of ketones is 4. The largest absolute Gasteiger partial charge is 0.481 e. The zero-order valence-electron chi connectivity index (χ0n) is 50.1. The molecule has 1 fully saturated rings. The first kappa shape index (κ1) is 70.4. The zero-order valence-corrected chi connectivity index (χ0v) is 50.9. The summed E-state index contributed by atoms with van der Waals surface area (Å²) < 4.78 is 0. The smallest absolute Gasteiger partial charge is 0.331 e. The summed E-state index contributed by atoms with van der Waals surface area (Å²) in [6.07, 6.45) is -2.32. The standard InChI is InChI=1S/C59H80N10O18S/c1-7-29(3)50-55(83)63-25-47(76)64-43-28-88-57-40(39-19-33(12-13-41(39)66-57)18-37(72)24-61-52(80)31(5)16-36(71)11-9-10-35(70)14-15-60-46(75)17-32(6)59(86)87)23-42(53(81)62-26-48(77)67-50)65-56(84)51(30(4)8-2)68-54(82)44-22-38(73)27-69(44)58(85)34(20-45(43)74)21-49(78)79/h12-13,17,19,29-31,34,38,42-44,50-51,66,73H,7-11,14-16,18,20-28H2,1-6H3,(H,60,75)(H,61,80)(H,62,81)(H,63,83)(H,64,76)(H,65,84)(H,67,77)(H,68,82)(H,78,79)(H,86,87)/b32-17-/t29-,30?,31?,34-,38+,42-,43-,44-,50-,51-/m0/s1. The second kappa shape index (κ2) is 33.1. The maximum absolute atomic E-state index is 14.7. The number of nitrogens with one attached hydrogen (secondary N) is 9. The lowest BCUT2D eigenvalue weighted by Crippen LogP contribution is -2.59. The Bertz CT molecular complexity index is 3070. The molecule has 0 aliphatic carbocycles. The van der Waals surface area contributed by atoms with Crippen LogP contribution in [0.1, 0.15) is 117 Å². The summed E-state index contributed by atoms with van der Waals surface area (Å²) in [6, 6.07) is -2.26. The number of aromatic nitrogens is 1. The molecule has 1 aromatic heterocycles. The summed E-state index contributed by atoms with van der Waals surface area (Å²) in [5.41, 5.74) is 0.982. The van der Waals surface area contributed by atoms with Gasteiger partial charge in [0.1, 0.15) is 35.7 Å². The lowest BCUT2D eigenvalue weighted by Gasteiger charge is -2.31. The van der Waals surface area contributed by atoms with Crippen LogP contribution in [0.5, 0.6) is 0 Å². The number of aliphatic carboxylic acids is 2. The topological polar surface area (TPSA) is 432 Å². The molecule has 10 atom stereocenters. The molecule has 3 aliphatic rings. The van der Waals surface area contributed by atoms with Crippen LogP contribution in [0.2, 0.25) is 0 Å². The van der Waals surface area contributed by atoms with Crippen molar-refractivity contribution in [1.29, 1.82) is 0 Å². The number of hydrogen-bond acceptors (Lipinski definition) is 17. The van der Waals surface area contributed by atoms with Crippen LogP contribution in [-0.2, 0) is 84.8 Å². The summed E-state index contributed by atoms with van der Waals surface area (Å²) >= 11 is 0.965. The Morgan fingerprint density at radius 2 is 1.40 bits per heavy atom. The van der Waals surface area contributed by atoms with E-state index in [0.717, 1.165) is 22.7 Å². The van der Waals surface area contributed by atoms with Crippen molar-refractivity contribution in [1.82, 2.24) is 52.4 Å². The molecule has 28 nitrogen and oxygen atoms in total. The number of thioether (sulfide) groups is 1. The first-order chi connectivity index (χ1) is 41.6. The molecular weight excluding hydrogens is 1170 g/mol. The highest BCUT2D eigenvalue weighted by molar-refractivity contribution is 7.99. The summed E-state index contributed by atoms with van der Waals surface area (Å²) in [5.74, 6) is -15.8. The first-order valence-electron chi connectivity index (χ1n) is 29.4. The average Bonchev–Trinajstić information content (AvgIpc) is 1.79. The van der Waals surface area contributed by atoms with Crippen LogP contribution < -0.4 is 42.5 Å². The van der Waals surface area contributed by atoms with E-state index in [1.165, 1.54) is 13.8 Å². The van der Waals surface area contributed by atoms with E-state index in [-0.39, 0.29) is 85.8 Å². The number of aromatic amines is 1. The van der Waals surface area contributed by atoms with Crippen molar-refractivity contribution in [3.63, 3.8) is 0 Å². The normalized spacial score (nSPS) is 23.1. The number of hydrogen-bond donors (Lipinski definition) is 12. The van der Waals surface area contributed by atoms with Gasteiger partial charge in [-0.15, -0.1) is 11.8 Å². The van der Waals surface area contributed by atoms with E-state index >= 15 is 0 Å². The molecule has 0 spiro atoms. The zero-order chi connectivity index (χ0) is 65.1. The Morgan fingerprint density at radius 1 is 0.750 bits per heavy atom. The van der Waals surface area contributed by atoms with Gasteiger partial charge < -0.3 is 67.7 Å². The van der Waals surface area contributed by atoms with E-state index in [1.807, 2.05) is 0 Å². The van der Waals surface area contributed by atoms with E-state index in [1.54, 1.807) is 45.9 Å². The highest BCUT2D eigenvalue weighted by Gasteiger charge is 2.44. The Kier molecular flexibility index (Phi) is 26.5. The predicted molar refractivity (Wildman–Crippen MR) is 315 cm³/mol. The molecule has 29 heteroatoms. The van der Waals surface area contributed by atoms with Gasteiger partial charge in [-0.1, -0.05) is 53.5 Å². The van der Waals surface area contributed by atoms with Crippen LogP contribution in [0.3, 0.4) is 0 Å². The molecule has 9 amide bonds. The monoisotopic (exact) mass is 1250 g/mol. The van der Waals surface area contributed by atoms with Crippen molar-refractivity contribution in [3.05, 3.63) is 41.0 Å². The van der Waals surface area contributed by atoms with Gasteiger partial charge in [-0.05, 0) is 48.4 Å². The summed E-state index contributed by atoms with van der Waals surface area (Å²) in [4.78, 5) is 205. The molecule has 12 N–H and O–H groups in total. The molecule has 2 unspecified atom stereocenters. The third-order valence-electron chi connectivity index (χ3n) is 15.8. The molecule has 2 aromatic rings. The van der Waals surface area contributed by atoms with Crippen LogP contribution in [0.4, 0.5) is 0 Å². The fourth-order valence-electron chi connectivity index (χ4n) is 10.3. The highest BCUT2D eigenvalue weighted by atomic mass is 32.2. The molecule has 5 rings (SSSR count). The lowest BCUT2D eigenvalue weighted by atomic mass is 9.93. The Morgan fingerprint density at radius 3 is 2.06 bits per heavy atom. The second-order valence-electron chi connectivity index (χ2n) is 22.8. The minimum atomic E-state index is -1.62. The number of Topliss-reactive ketones (excluding diaryl/α,β-unsaturated/α-hetero) is 4. The Balaban J connectivity index is 1.46. The van der Waals surface area contributed by atoms with E-state index in [2.05, 4.69) is 47.5 Å². The van der Waals surface area contributed by atoms with Crippen LogP contribution in [0.25, 0.3) is 10.9 Å². The van der Waals surface area contributed by atoms with E-state index < -0.39 is 176 Å². The number of carboxylic acid groups (broad SMARTS) is 2. The summed E-state index contributed by atoms with van der Waals surface area (Å²) in [7, 11) is 0. The minimum absolute atomic E-state index is 0.0111. The van der Waals surface area contributed by atoms with Gasteiger partial charge in [0.25, 0.3) is 0 Å². The molecule has 0 radical (unpaired) electrons. The van der Waals surface area contributed by atoms with Gasteiger partial charge in [-0.25, -0.2) is 4.79 Å². The van der Waals surface area contributed by atoms with Crippen LogP contribution in [0, 0.1) is 23.7 Å². The molecule has 4 heterocycles. The minimum Gasteiger partial charge on any atom is -0.481 e.